The fourth-order valence-electron chi connectivity index (χ4n) is 3.35. The van der Waals surface area contributed by atoms with Gasteiger partial charge in [0.05, 0.1) is 29.3 Å². The molecule has 3 rings (SSSR count). The van der Waals surface area contributed by atoms with Gasteiger partial charge in [-0.2, -0.15) is 0 Å². The number of hydrogen-bond donors (Lipinski definition) is 3. The molecule has 0 radical (unpaired) electrons. The molecular formula is C25H29N3O4. The maximum Gasteiger partial charge on any atom is 0.335 e. The Hall–Kier alpha value is -3.29. The lowest BCUT2D eigenvalue weighted by Crippen LogP contribution is -2.18. The minimum Gasteiger partial charge on any atom is -0.478 e. The van der Waals surface area contributed by atoms with Crippen LogP contribution in [0.5, 0.6) is 5.88 Å². The van der Waals surface area contributed by atoms with Crippen molar-refractivity contribution < 1.29 is 19.7 Å². The minimum atomic E-state index is -1.05. The number of ether oxygens (including phenoxy) is 1. The van der Waals surface area contributed by atoms with E-state index in [0.717, 1.165) is 23.2 Å². The van der Waals surface area contributed by atoms with Crippen LogP contribution in [0.25, 0.3) is 0 Å². The monoisotopic (exact) mass is 435 g/mol. The first-order valence-electron chi connectivity index (χ1n) is 10.6. The van der Waals surface area contributed by atoms with Gasteiger partial charge in [-0.15, -0.1) is 0 Å². The highest BCUT2D eigenvalue weighted by Crippen LogP contribution is 2.18. The molecule has 7 nitrogen and oxygen atoms in total. The highest BCUT2D eigenvalue weighted by molar-refractivity contribution is 5.87. The number of carboxylic acids is 1. The highest BCUT2D eigenvalue weighted by Gasteiger charge is 2.11. The van der Waals surface area contributed by atoms with Gasteiger partial charge in [-0.25, -0.2) is 9.78 Å². The first-order valence-corrected chi connectivity index (χ1v) is 10.6. The van der Waals surface area contributed by atoms with Gasteiger partial charge in [-0.3, -0.25) is 4.98 Å². The zero-order chi connectivity index (χ0) is 22.9. The summed E-state index contributed by atoms with van der Waals surface area (Å²) in [5.74, 6) is -0.00751. The van der Waals surface area contributed by atoms with Gasteiger partial charge in [0.1, 0.15) is 6.61 Å². The van der Waals surface area contributed by atoms with Crippen molar-refractivity contribution >= 4 is 5.97 Å². The standard InChI is InChI=1S/C25H29N3O4/c1-17(2)10-19-8-9-24(32-16-18-6-4-3-5-7-18)28-23(19)14-26-13-21-11-20(25(30)31)12-22(15-29)27-21/h3-9,11-12,17,26,29H,10,13-16H2,1-2H3,(H,30,31). The molecule has 0 bridgehead atoms. The van der Waals surface area contributed by atoms with Crippen LogP contribution >= 0.6 is 0 Å². The number of carboxylic acid groups (broad SMARTS) is 1. The smallest absolute Gasteiger partial charge is 0.335 e. The Kier molecular flexibility index (Phi) is 8.30. The Labute approximate surface area is 188 Å². The topological polar surface area (TPSA) is 105 Å². The van der Waals surface area contributed by atoms with Gasteiger partial charge < -0.3 is 20.3 Å². The number of nitrogens with zero attached hydrogens (tertiary/aromatic N) is 2. The second kappa shape index (κ2) is 11.4. The molecule has 0 aliphatic rings. The molecule has 168 valence electrons. The minimum absolute atomic E-state index is 0.107. The molecule has 0 aliphatic heterocycles. The van der Waals surface area contributed by atoms with Gasteiger partial charge in [-0.05, 0) is 35.6 Å². The first-order chi connectivity index (χ1) is 15.4. The summed E-state index contributed by atoms with van der Waals surface area (Å²) in [4.78, 5) is 20.3. The van der Waals surface area contributed by atoms with E-state index in [-0.39, 0.29) is 12.2 Å². The number of rotatable bonds is 11. The van der Waals surface area contributed by atoms with Crippen LogP contribution < -0.4 is 10.1 Å². The molecule has 0 atom stereocenters. The maximum absolute atomic E-state index is 11.3. The SMILES string of the molecule is CC(C)Cc1ccc(OCc2ccccc2)nc1CNCc1cc(C(=O)O)cc(CO)n1. The molecule has 7 heteroatoms. The Balaban J connectivity index is 1.70. The Morgan fingerprint density at radius 3 is 2.47 bits per heavy atom. The van der Waals surface area contributed by atoms with Crippen LogP contribution in [0.1, 0.15) is 52.4 Å². The molecule has 2 aromatic heterocycles. The van der Waals surface area contributed by atoms with Crippen molar-refractivity contribution in [1.82, 2.24) is 15.3 Å². The lowest BCUT2D eigenvalue weighted by molar-refractivity contribution is 0.0696. The molecular weight excluding hydrogens is 406 g/mol. The van der Waals surface area contributed by atoms with Crippen LogP contribution in [0.15, 0.2) is 54.6 Å². The summed E-state index contributed by atoms with van der Waals surface area (Å²) in [7, 11) is 0. The number of carbonyl (C=O) groups is 1. The van der Waals surface area contributed by atoms with E-state index >= 15 is 0 Å². The second-order valence-corrected chi connectivity index (χ2v) is 8.03. The number of aliphatic hydroxyl groups excluding tert-OH is 1. The summed E-state index contributed by atoms with van der Waals surface area (Å²) >= 11 is 0. The Morgan fingerprint density at radius 2 is 1.78 bits per heavy atom. The Morgan fingerprint density at radius 1 is 1.03 bits per heavy atom. The molecule has 0 saturated carbocycles. The summed E-state index contributed by atoms with van der Waals surface area (Å²) in [5.41, 5.74) is 4.09. The first kappa shape index (κ1) is 23.4. The third kappa shape index (κ3) is 6.87. The zero-order valence-electron chi connectivity index (χ0n) is 18.4. The predicted octanol–water partition coefficient (Wildman–Crippen LogP) is 3.73. The number of hydrogen-bond acceptors (Lipinski definition) is 6. The van der Waals surface area contributed by atoms with Crippen LogP contribution in [0, 0.1) is 5.92 Å². The summed E-state index contributed by atoms with van der Waals surface area (Å²) in [6.07, 6.45) is 0.893. The number of aromatic nitrogens is 2. The molecule has 0 aliphatic carbocycles. The number of aromatic carboxylic acids is 1. The second-order valence-electron chi connectivity index (χ2n) is 8.03. The average Bonchev–Trinajstić information content (AvgIpc) is 2.79. The molecule has 32 heavy (non-hydrogen) atoms. The van der Waals surface area contributed by atoms with Gasteiger partial charge in [0, 0.05) is 19.2 Å². The van der Waals surface area contributed by atoms with E-state index in [9.17, 15) is 15.0 Å². The van der Waals surface area contributed by atoms with Gasteiger partial charge >= 0.3 is 5.97 Å². The van der Waals surface area contributed by atoms with E-state index in [2.05, 4.69) is 30.2 Å². The van der Waals surface area contributed by atoms with Crippen molar-refractivity contribution in [3.63, 3.8) is 0 Å². The zero-order valence-corrected chi connectivity index (χ0v) is 18.4. The van der Waals surface area contributed by atoms with Crippen molar-refractivity contribution in [3.8, 4) is 5.88 Å². The average molecular weight is 436 g/mol. The quantitative estimate of drug-likeness (QED) is 0.421. The van der Waals surface area contributed by atoms with Crippen molar-refractivity contribution in [2.75, 3.05) is 0 Å². The van der Waals surface area contributed by atoms with Crippen LogP contribution in [-0.4, -0.2) is 26.2 Å². The van der Waals surface area contributed by atoms with E-state index in [1.807, 2.05) is 36.4 Å². The van der Waals surface area contributed by atoms with Crippen LogP contribution in [0.3, 0.4) is 0 Å². The van der Waals surface area contributed by atoms with E-state index in [1.54, 1.807) is 0 Å². The molecule has 0 amide bonds. The van der Waals surface area contributed by atoms with Crippen molar-refractivity contribution in [1.29, 1.82) is 0 Å². The summed E-state index contributed by atoms with van der Waals surface area (Å²) in [5, 5.41) is 21.9. The van der Waals surface area contributed by atoms with E-state index < -0.39 is 5.97 Å². The molecule has 1 aromatic carbocycles. The van der Waals surface area contributed by atoms with Gasteiger partial charge in [0.15, 0.2) is 0 Å². The maximum atomic E-state index is 11.3. The predicted molar refractivity (Wildman–Crippen MR) is 121 cm³/mol. The number of nitrogens with one attached hydrogen (secondary N) is 1. The lowest BCUT2D eigenvalue weighted by Gasteiger charge is -2.14. The van der Waals surface area contributed by atoms with Gasteiger partial charge in [0.25, 0.3) is 0 Å². The normalized spacial score (nSPS) is 11.0. The third-order valence-electron chi connectivity index (χ3n) is 4.84. The molecule has 3 aromatic rings. The Bertz CT molecular complexity index is 1040. The van der Waals surface area contributed by atoms with Crippen molar-refractivity contribution in [2.24, 2.45) is 5.92 Å². The summed E-state index contributed by atoms with van der Waals surface area (Å²) in [6.45, 7) is 5.29. The van der Waals surface area contributed by atoms with E-state index in [4.69, 9.17) is 9.72 Å². The fraction of sp³-hybridized carbons (Fsp3) is 0.320. The number of benzene rings is 1. The summed E-state index contributed by atoms with van der Waals surface area (Å²) < 4.78 is 5.89. The number of pyridine rings is 2. The van der Waals surface area contributed by atoms with Crippen LogP contribution in [0.2, 0.25) is 0 Å². The molecule has 0 unspecified atom stereocenters. The van der Waals surface area contributed by atoms with Gasteiger partial charge in [-0.1, -0.05) is 50.2 Å². The lowest BCUT2D eigenvalue weighted by atomic mass is 10.0. The molecule has 0 fully saturated rings. The van der Waals surface area contributed by atoms with Crippen LogP contribution in [-0.2, 0) is 32.7 Å². The molecule has 3 N–H and O–H groups in total. The highest BCUT2D eigenvalue weighted by atomic mass is 16.5. The largest absolute Gasteiger partial charge is 0.478 e. The van der Waals surface area contributed by atoms with Crippen molar-refractivity contribution in [2.45, 2.75) is 46.6 Å². The van der Waals surface area contributed by atoms with Crippen molar-refractivity contribution in [3.05, 3.63) is 88.4 Å². The van der Waals surface area contributed by atoms with E-state index in [1.165, 1.54) is 12.1 Å². The molecule has 2 heterocycles. The fourth-order valence-corrected chi connectivity index (χ4v) is 3.35. The summed E-state index contributed by atoms with van der Waals surface area (Å²) in [6, 6.07) is 16.8. The third-order valence-corrected chi connectivity index (χ3v) is 4.84. The number of aliphatic hydroxyl groups is 1. The van der Waals surface area contributed by atoms with E-state index in [0.29, 0.717) is 42.9 Å². The van der Waals surface area contributed by atoms with Gasteiger partial charge in [0.2, 0.25) is 5.88 Å². The van der Waals surface area contributed by atoms with Crippen LogP contribution in [0.4, 0.5) is 0 Å². The molecule has 0 saturated heterocycles. The molecule has 0 spiro atoms.